The van der Waals surface area contributed by atoms with E-state index < -0.39 is 5.91 Å². The lowest BCUT2D eigenvalue weighted by molar-refractivity contribution is 0.100. The largest absolute Gasteiger partial charge is 0.366 e. The van der Waals surface area contributed by atoms with Gasteiger partial charge in [0.1, 0.15) is 0 Å². The van der Waals surface area contributed by atoms with Gasteiger partial charge in [-0.1, -0.05) is 29.8 Å². The quantitative estimate of drug-likeness (QED) is 0.792. The van der Waals surface area contributed by atoms with E-state index in [0.29, 0.717) is 17.8 Å². The van der Waals surface area contributed by atoms with E-state index in [4.69, 9.17) is 5.73 Å². The lowest BCUT2D eigenvalue weighted by Gasteiger charge is -2.08. The first kappa shape index (κ1) is 15.6. The molecule has 0 aliphatic carbocycles. The van der Waals surface area contributed by atoms with Gasteiger partial charge in [-0.2, -0.15) is 0 Å². The van der Waals surface area contributed by atoms with Crippen LogP contribution in [-0.2, 0) is 6.42 Å². The molecule has 2 aromatic carbocycles. The van der Waals surface area contributed by atoms with Crippen molar-refractivity contribution in [1.29, 1.82) is 0 Å². The third kappa shape index (κ3) is 4.63. The summed E-state index contributed by atoms with van der Waals surface area (Å²) in [6, 6.07) is 14.4. The first-order valence-corrected chi connectivity index (χ1v) is 7.05. The van der Waals surface area contributed by atoms with Crippen molar-refractivity contribution < 1.29 is 9.59 Å². The fourth-order valence-corrected chi connectivity index (χ4v) is 1.97. The molecule has 0 radical (unpaired) electrons. The van der Waals surface area contributed by atoms with E-state index in [9.17, 15) is 9.59 Å². The maximum absolute atomic E-state index is 11.8. The number of aryl methyl sites for hydroxylation is 1. The molecule has 0 saturated carbocycles. The molecule has 22 heavy (non-hydrogen) atoms. The lowest BCUT2D eigenvalue weighted by atomic mass is 10.1. The van der Waals surface area contributed by atoms with Gasteiger partial charge in [-0.3, -0.25) is 4.79 Å². The zero-order valence-electron chi connectivity index (χ0n) is 12.4. The average Bonchev–Trinajstić information content (AvgIpc) is 2.50. The smallest absolute Gasteiger partial charge is 0.319 e. The van der Waals surface area contributed by atoms with E-state index in [1.54, 1.807) is 24.3 Å². The van der Waals surface area contributed by atoms with E-state index in [1.165, 1.54) is 11.1 Å². The molecule has 3 amide bonds. The van der Waals surface area contributed by atoms with Gasteiger partial charge in [-0.05, 0) is 43.2 Å². The van der Waals surface area contributed by atoms with Crippen LogP contribution in [0, 0.1) is 6.92 Å². The molecule has 114 valence electrons. The number of nitrogens with two attached hydrogens (primary N) is 1. The van der Waals surface area contributed by atoms with Crippen LogP contribution in [0.4, 0.5) is 10.5 Å². The predicted octanol–water partition coefficient (Wildman–Crippen LogP) is 2.46. The first-order valence-electron chi connectivity index (χ1n) is 7.05. The maximum Gasteiger partial charge on any atom is 0.319 e. The Kier molecular flexibility index (Phi) is 5.14. The zero-order chi connectivity index (χ0) is 15.9. The highest BCUT2D eigenvalue weighted by atomic mass is 16.2. The van der Waals surface area contributed by atoms with E-state index in [0.717, 1.165) is 6.42 Å². The molecule has 0 fully saturated rings. The van der Waals surface area contributed by atoms with Crippen LogP contribution in [0.25, 0.3) is 0 Å². The van der Waals surface area contributed by atoms with Gasteiger partial charge in [0.15, 0.2) is 0 Å². The van der Waals surface area contributed by atoms with Crippen molar-refractivity contribution in [2.45, 2.75) is 13.3 Å². The summed E-state index contributed by atoms with van der Waals surface area (Å²) in [6.07, 6.45) is 0.772. The minimum absolute atomic E-state index is 0.279. The van der Waals surface area contributed by atoms with Gasteiger partial charge in [-0.25, -0.2) is 4.79 Å². The molecule has 0 bridgehead atoms. The van der Waals surface area contributed by atoms with Crippen molar-refractivity contribution in [3.8, 4) is 0 Å². The highest BCUT2D eigenvalue weighted by Crippen LogP contribution is 2.09. The van der Waals surface area contributed by atoms with Crippen molar-refractivity contribution in [2.75, 3.05) is 11.9 Å². The zero-order valence-corrected chi connectivity index (χ0v) is 12.4. The normalized spacial score (nSPS) is 10.0. The van der Waals surface area contributed by atoms with Crippen LogP contribution in [0.1, 0.15) is 21.5 Å². The van der Waals surface area contributed by atoms with Crippen LogP contribution in [-0.4, -0.2) is 18.5 Å². The Hall–Kier alpha value is -2.82. The van der Waals surface area contributed by atoms with Crippen LogP contribution in [0.3, 0.4) is 0 Å². The molecule has 2 rings (SSSR count). The number of anilines is 1. The van der Waals surface area contributed by atoms with Crippen molar-refractivity contribution >= 4 is 17.6 Å². The molecule has 0 aromatic heterocycles. The number of rotatable bonds is 5. The molecule has 5 nitrogen and oxygen atoms in total. The monoisotopic (exact) mass is 297 g/mol. The van der Waals surface area contributed by atoms with Crippen molar-refractivity contribution in [3.63, 3.8) is 0 Å². The Labute approximate surface area is 129 Å². The van der Waals surface area contributed by atoms with Crippen LogP contribution >= 0.6 is 0 Å². The standard InChI is InChI=1S/C17H19N3O2/c1-12-2-4-13(5-3-12)10-11-19-17(22)20-15-8-6-14(7-9-15)16(18)21/h2-9H,10-11H2,1H3,(H2,18,21)(H2,19,20,22). The van der Waals surface area contributed by atoms with E-state index in [2.05, 4.69) is 34.9 Å². The minimum atomic E-state index is -0.492. The highest BCUT2D eigenvalue weighted by molar-refractivity contribution is 5.94. The summed E-state index contributed by atoms with van der Waals surface area (Å²) in [6.45, 7) is 2.59. The molecule has 0 aliphatic rings. The van der Waals surface area contributed by atoms with Crippen molar-refractivity contribution in [2.24, 2.45) is 5.73 Å². The Morgan fingerprint density at radius 2 is 1.64 bits per heavy atom. The third-order valence-electron chi connectivity index (χ3n) is 3.25. The molecule has 0 unspecified atom stereocenters. The average molecular weight is 297 g/mol. The van der Waals surface area contributed by atoms with Gasteiger partial charge in [0, 0.05) is 17.8 Å². The summed E-state index contributed by atoms with van der Waals surface area (Å²) in [5.41, 5.74) is 8.57. The second kappa shape index (κ2) is 7.26. The lowest BCUT2D eigenvalue weighted by Crippen LogP contribution is -2.30. The summed E-state index contributed by atoms with van der Waals surface area (Å²) in [5.74, 6) is -0.492. The number of carbonyl (C=O) groups is 2. The van der Waals surface area contributed by atoms with Crippen LogP contribution < -0.4 is 16.4 Å². The number of urea groups is 1. The molecule has 0 saturated heterocycles. The van der Waals surface area contributed by atoms with Gasteiger partial charge in [0.05, 0.1) is 0 Å². The van der Waals surface area contributed by atoms with Gasteiger partial charge >= 0.3 is 6.03 Å². The minimum Gasteiger partial charge on any atom is -0.366 e. The Balaban J connectivity index is 1.77. The Morgan fingerprint density at radius 1 is 1.00 bits per heavy atom. The SMILES string of the molecule is Cc1ccc(CCNC(=O)Nc2ccc(C(N)=O)cc2)cc1. The van der Waals surface area contributed by atoms with Gasteiger partial charge in [0.2, 0.25) is 5.91 Å². The summed E-state index contributed by atoms with van der Waals surface area (Å²) in [4.78, 5) is 22.7. The highest BCUT2D eigenvalue weighted by Gasteiger charge is 2.03. The molecule has 2 aromatic rings. The number of carbonyl (C=O) groups excluding carboxylic acids is 2. The van der Waals surface area contributed by atoms with E-state index in [1.807, 2.05) is 6.92 Å². The summed E-state index contributed by atoms with van der Waals surface area (Å²) in [7, 11) is 0. The number of primary amides is 1. The fraction of sp³-hybridized carbons (Fsp3) is 0.176. The predicted molar refractivity (Wildman–Crippen MR) is 86.9 cm³/mol. The number of nitrogens with one attached hydrogen (secondary N) is 2. The molecule has 0 spiro atoms. The number of hydrogen-bond donors (Lipinski definition) is 3. The first-order chi connectivity index (χ1) is 10.5. The van der Waals surface area contributed by atoms with Crippen LogP contribution in [0.5, 0.6) is 0 Å². The number of hydrogen-bond acceptors (Lipinski definition) is 2. The van der Waals surface area contributed by atoms with Gasteiger partial charge < -0.3 is 16.4 Å². The summed E-state index contributed by atoms with van der Waals surface area (Å²) in [5, 5.41) is 5.49. The molecular weight excluding hydrogens is 278 g/mol. The molecule has 0 atom stereocenters. The fourth-order valence-electron chi connectivity index (χ4n) is 1.97. The van der Waals surface area contributed by atoms with E-state index >= 15 is 0 Å². The van der Waals surface area contributed by atoms with Crippen molar-refractivity contribution in [3.05, 3.63) is 65.2 Å². The number of benzene rings is 2. The topological polar surface area (TPSA) is 84.2 Å². The van der Waals surface area contributed by atoms with Crippen LogP contribution in [0.2, 0.25) is 0 Å². The second-order valence-corrected chi connectivity index (χ2v) is 5.06. The molecule has 5 heteroatoms. The second-order valence-electron chi connectivity index (χ2n) is 5.06. The van der Waals surface area contributed by atoms with Crippen molar-refractivity contribution in [1.82, 2.24) is 5.32 Å². The Bertz CT molecular complexity index is 649. The summed E-state index contributed by atoms with van der Waals surface area (Å²) < 4.78 is 0. The van der Waals surface area contributed by atoms with Crippen LogP contribution in [0.15, 0.2) is 48.5 Å². The third-order valence-corrected chi connectivity index (χ3v) is 3.25. The Morgan fingerprint density at radius 3 is 2.23 bits per heavy atom. The number of amides is 3. The molecule has 4 N–H and O–H groups in total. The molecule has 0 heterocycles. The van der Waals surface area contributed by atoms with E-state index in [-0.39, 0.29) is 6.03 Å². The maximum atomic E-state index is 11.8. The van der Waals surface area contributed by atoms with Gasteiger partial charge in [-0.15, -0.1) is 0 Å². The summed E-state index contributed by atoms with van der Waals surface area (Å²) >= 11 is 0. The molecule has 0 aliphatic heterocycles. The van der Waals surface area contributed by atoms with Gasteiger partial charge in [0.25, 0.3) is 0 Å². The molecular formula is C17H19N3O2.